The Morgan fingerprint density at radius 2 is 1.93 bits per heavy atom. The minimum atomic E-state index is -0.418. The van der Waals surface area contributed by atoms with E-state index in [1.54, 1.807) is 24.4 Å². The van der Waals surface area contributed by atoms with Gasteiger partial charge in [-0.05, 0) is 38.0 Å². The molecule has 0 bridgehead atoms. The molecule has 0 fully saturated rings. The molecule has 1 heterocycles. The van der Waals surface area contributed by atoms with Crippen LogP contribution >= 0.6 is 11.3 Å². The van der Waals surface area contributed by atoms with Crippen LogP contribution in [0.25, 0.3) is 11.3 Å². The van der Waals surface area contributed by atoms with Crippen LogP contribution in [0.1, 0.15) is 16.7 Å². The summed E-state index contributed by atoms with van der Waals surface area (Å²) in [7, 11) is 0. The van der Waals surface area contributed by atoms with E-state index in [1.165, 1.54) is 17.4 Å². The fraction of sp³-hybridized carbons (Fsp3) is 0.200. The number of rotatable bonds is 6. The maximum atomic E-state index is 12.2. The van der Waals surface area contributed by atoms with Crippen LogP contribution in [0.4, 0.5) is 10.8 Å². The summed E-state index contributed by atoms with van der Waals surface area (Å²) < 4.78 is 5.59. The summed E-state index contributed by atoms with van der Waals surface area (Å²) in [5.74, 6) is 0.346. The summed E-state index contributed by atoms with van der Waals surface area (Å²) in [5, 5.41) is 16.0. The zero-order chi connectivity index (χ0) is 20.3. The predicted molar refractivity (Wildman–Crippen MR) is 109 cm³/mol. The number of anilines is 1. The van der Waals surface area contributed by atoms with Crippen LogP contribution in [0.5, 0.6) is 5.75 Å². The van der Waals surface area contributed by atoms with Crippen LogP contribution < -0.4 is 10.1 Å². The topological polar surface area (TPSA) is 94.4 Å². The number of aromatic nitrogens is 1. The number of nitrogens with one attached hydrogen (secondary N) is 1. The van der Waals surface area contributed by atoms with E-state index in [4.69, 9.17) is 4.74 Å². The quantitative estimate of drug-likeness (QED) is 0.482. The van der Waals surface area contributed by atoms with Gasteiger partial charge in [0, 0.05) is 22.6 Å². The number of carbonyl (C=O) groups excluding carboxylic acids is 1. The van der Waals surface area contributed by atoms with Gasteiger partial charge in [-0.1, -0.05) is 24.3 Å². The minimum absolute atomic E-state index is 0.0398. The summed E-state index contributed by atoms with van der Waals surface area (Å²) in [6, 6.07) is 10.7. The van der Waals surface area contributed by atoms with Crippen LogP contribution in [0, 0.1) is 30.9 Å². The minimum Gasteiger partial charge on any atom is -0.483 e. The van der Waals surface area contributed by atoms with Crippen molar-refractivity contribution in [3.8, 4) is 17.0 Å². The molecule has 0 aliphatic heterocycles. The van der Waals surface area contributed by atoms with E-state index in [2.05, 4.69) is 10.3 Å². The number of aryl methyl sites for hydroxylation is 3. The molecule has 144 valence electrons. The zero-order valence-electron chi connectivity index (χ0n) is 15.7. The third-order valence-corrected chi connectivity index (χ3v) is 4.91. The van der Waals surface area contributed by atoms with Crippen molar-refractivity contribution in [2.24, 2.45) is 0 Å². The number of nitro groups is 1. The first-order valence-electron chi connectivity index (χ1n) is 8.54. The monoisotopic (exact) mass is 397 g/mol. The van der Waals surface area contributed by atoms with Gasteiger partial charge in [0.2, 0.25) is 0 Å². The van der Waals surface area contributed by atoms with Gasteiger partial charge < -0.3 is 4.74 Å². The molecular formula is C20H19N3O4S. The van der Waals surface area contributed by atoms with Crippen molar-refractivity contribution in [3.63, 3.8) is 0 Å². The smallest absolute Gasteiger partial charge is 0.272 e. The Labute approximate surface area is 166 Å². The maximum Gasteiger partial charge on any atom is 0.272 e. The number of carbonyl (C=O) groups is 1. The van der Waals surface area contributed by atoms with E-state index in [0.717, 1.165) is 11.1 Å². The van der Waals surface area contributed by atoms with Crippen molar-refractivity contribution < 1.29 is 14.5 Å². The highest BCUT2D eigenvalue weighted by Gasteiger charge is 2.14. The van der Waals surface area contributed by atoms with Gasteiger partial charge in [-0.15, -0.1) is 11.3 Å². The van der Waals surface area contributed by atoms with E-state index in [9.17, 15) is 14.9 Å². The fourth-order valence-corrected chi connectivity index (χ4v) is 3.33. The zero-order valence-corrected chi connectivity index (χ0v) is 16.5. The number of hydrogen-bond donors (Lipinski definition) is 1. The van der Waals surface area contributed by atoms with Crippen LogP contribution in [0.3, 0.4) is 0 Å². The van der Waals surface area contributed by atoms with Crippen LogP contribution in [0.2, 0.25) is 0 Å². The Kier molecular flexibility index (Phi) is 5.70. The molecule has 2 aromatic carbocycles. The summed E-state index contributed by atoms with van der Waals surface area (Å²) in [5.41, 5.74) is 3.83. The normalized spacial score (nSPS) is 10.5. The van der Waals surface area contributed by atoms with Gasteiger partial charge in [0.25, 0.3) is 11.6 Å². The van der Waals surface area contributed by atoms with Crippen molar-refractivity contribution in [3.05, 3.63) is 68.6 Å². The number of nitro benzene ring substituents is 1. The Morgan fingerprint density at radius 1 is 1.18 bits per heavy atom. The highest BCUT2D eigenvalue weighted by Crippen LogP contribution is 2.29. The Bertz CT molecular complexity index is 1050. The van der Waals surface area contributed by atoms with E-state index >= 15 is 0 Å². The SMILES string of the molecule is Cc1ccc(C)c(OCC(=O)Nc2nc(-c3ccc(C)c([N+](=O)[O-])c3)cs2)c1. The molecule has 1 amide bonds. The lowest BCUT2D eigenvalue weighted by Crippen LogP contribution is -2.20. The van der Waals surface area contributed by atoms with E-state index in [1.807, 2.05) is 32.0 Å². The highest BCUT2D eigenvalue weighted by atomic mass is 32.1. The molecular weight excluding hydrogens is 378 g/mol. The summed E-state index contributed by atoms with van der Waals surface area (Å²) in [6.45, 7) is 5.43. The van der Waals surface area contributed by atoms with E-state index < -0.39 is 4.92 Å². The predicted octanol–water partition coefficient (Wildman–Crippen LogP) is 4.66. The molecule has 0 radical (unpaired) electrons. The second kappa shape index (κ2) is 8.18. The molecule has 0 spiro atoms. The van der Waals surface area contributed by atoms with Gasteiger partial charge in [-0.2, -0.15) is 0 Å². The van der Waals surface area contributed by atoms with Crippen molar-refractivity contribution >= 4 is 28.1 Å². The first-order valence-corrected chi connectivity index (χ1v) is 9.42. The average Bonchev–Trinajstić information content (AvgIpc) is 3.11. The van der Waals surface area contributed by atoms with Gasteiger partial charge in [0.15, 0.2) is 11.7 Å². The van der Waals surface area contributed by atoms with Crippen molar-refractivity contribution in [2.75, 3.05) is 11.9 Å². The molecule has 3 aromatic rings. The summed E-state index contributed by atoms with van der Waals surface area (Å²) in [6.07, 6.45) is 0. The molecule has 3 rings (SSSR count). The van der Waals surface area contributed by atoms with E-state index in [0.29, 0.717) is 27.7 Å². The summed E-state index contributed by atoms with van der Waals surface area (Å²) in [4.78, 5) is 27.2. The first-order chi connectivity index (χ1) is 13.3. The van der Waals surface area contributed by atoms with Crippen LogP contribution in [0.15, 0.2) is 41.8 Å². The molecule has 0 saturated carbocycles. The van der Waals surface area contributed by atoms with Gasteiger partial charge in [0.05, 0.1) is 10.6 Å². The van der Waals surface area contributed by atoms with Gasteiger partial charge in [-0.3, -0.25) is 20.2 Å². The first kappa shape index (κ1) is 19.5. The molecule has 0 saturated heterocycles. The van der Waals surface area contributed by atoms with Crippen LogP contribution in [-0.2, 0) is 4.79 Å². The lowest BCUT2D eigenvalue weighted by Gasteiger charge is -2.09. The van der Waals surface area contributed by atoms with E-state index in [-0.39, 0.29) is 18.2 Å². The van der Waals surface area contributed by atoms with Crippen molar-refractivity contribution in [1.82, 2.24) is 4.98 Å². The second-order valence-corrected chi connectivity index (χ2v) is 7.26. The molecule has 7 nitrogen and oxygen atoms in total. The molecule has 8 heteroatoms. The molecule has 0 aliphatic carbocycles. The summed E-state index contributed by atoms with van der Waals surface area (Å²) >= 11 is 1.25. The van der Waals surface area contributed by atoms with Gasteiger partial charge in [-0.25, -0.2) is 4.98 Å². The molecule has 0 atom stereocenters. The molecule has 1 N–H and O–H groups in total. The van der Waals surface area contributed by atoms with Gasteiger partial charge in [0.1, 0.15) is 5.75 Å². The van der Waals surface area contributed by atoms with Crippen molar-refractivity contribution in [2.45, 2.75) is 20.8 Å². The number of benzene rings is 2. The Morgan fingerprint density at radius 3 is 2.68 bits per heavy atom. The molecule has 28 heavy (non-hydrogen) atoms. The number of nitrogens with zero attached hydrogens (tertiary/aromatic N) is 2. The van der Waals surface area contributed by atoms with Crippen molar-refractivity contribution in [1.29, 1.82) is 0 Å². The number of amides is 1. The third kappa shape index (κ3) is 4.52. The number of hydrogen-bond acceptors (Lipinski definition) is 6. The van der Waals surface area contributed by atoms with Crippen LogP contribution in [-0.4, -0.2) is 22.4 Å². The second-order valence-electron chi connectivity index (χ2n) is 6.40. The number of thiazole rings is 1. The Hall–Kier alpha value is -3.26. The lowest BCUT2D eigenvalue weighted by molar-refractivity contribution is -0.385. The fourth-order valence-electron chi connectivity index (χ4n) is 2.59. The lowest BCUT2D eigenvalue weighted by atomic mass is 10.1. The highest BCUT2D eigenvalue weighted by molar-refractivity contribution is 7.14. The molecule has 0 unspecified atom stereocenters. The average molecular weight is 397 g/mol. The van der Waals surface area contributed by atoms with Gasteiger partial charge >= 0.3 is 0 Å². The molecule has 1 aromatic heterocycles. The third-order valence-electron chi connectivity index (χ3n) is 4.15. The maximum absolute atomic E-state index is 12.2. The number of ether oxygens (including phenoxy) is 1. The Balaban J connectivity index is 1.66. The molecule has 0 aliphatic rings. The largest absolute Gasteiger partial charge is 0.483 e. The standard InChI is InChI=1S/C20H19N3O4S/c1-12-4-5-14(3)18(8-12)27-10-19(24)22-20-21-16(11-28-20)15-7-6-13(2)17(9-15)23(25)26/h4-9,11H,10H2,1-3H3,(H,21,22,24).